The molecule has 1 atom stereocenters. The highest BCUT2D eigenvalue weighted by Crippen LogP contribution is 2.21. The fourth-order valence-electron chi connectivity index (χ4n) is 1.87. The standard InChI is InChI=1S/C16H27N3OS2/c1-2-3-4-5-13-6-8-14(9-7-13)19-16(20)15(18)12-22-21-11-10-17/h6-9,15H,2-5,10-12,17-18H2,1H3,(H,19,20)/t15-/m0/s1. The summed E-state index contributed by atoms with van der Waals surface area (Å²) in [5.74, 6) is 1.32. The Hall–Kier alpha value is -0.690. The highest BCUT2D eigenvalue weighted by Gasteiger charge is 2.13. The maximum absolute atomic E-state index is 12.0. The number of rotatable bonds is 11. The SMILES string of the molecule is CCCCCc1ccc(NC(=O)[C@@H](N)CSSCCN)cc1. The number of anilines is 1. The molecule has 0 saturated heterocycles. The van der Waals surface area contributed by atoms with E-state index in [2.05, 4.69) is 24.4 Å². The number of aryl methyl sites for hydroxylation is 1. The number of hydrogen-bond acceptors (Lipinski definition) is 5. The number of nitrogens with two attached hydrogens (primary N) is 2. The molecule has 5 N–H and O–H groups in total. The summed E-state index contributed by atoms with van der Waals surface area (Å²) >= 11 is 0. The van der Waals surface area contributed by atoms with Gasteiger partial charge in [-0.05, 0) is 30.5 Å². The topological polar surface area (TPSA) is 81.1 Å². The minimum Gasteiger partial charge on any atom is -0.330 e. The smallest absolute Gasteiger partial charge is 0.242 e. The largest absolute Gasteiger partial charge is 0.330 e. The van der Waals surface area contributed by atoms with Crippen molar-refractivity contribution in [3.05, 3.63) is 29.8 Å². The average molecular weight is 342 g/mol. The highest BCUT2D eigenvalue weighted by molar-refractivity contribution is 8.76. The first-order valence-corrected chi connectivity index (χ1v) is 10.3. The summed E-state index contributed by atoms with van der Waals surface area (Å²) in [6.45, 7) is 2.85. The minimum atomic E-state index is -0.500. The second kappa shape index (κ2) is 11.8. The molecule has 1 aromatic carbocycles. The van der Waals surface area contributed by atoms with Crippen LogP contribution in [0, 0.1) is 0 Å². The molecule has 0 aliphatic rings. The van der Waals surface area contributed by atoms with E-state index in [0.717, 1.165) is 17.9 Å². The van der Waals surface area contributed by atoms with E-state index in [1.807, 2.05) is 12.1 Å². The monoisotopic (exact) mass is 341 g/mol. The van der Waals surface area contributed by atoms with Crippen molar-refractivity contribution in [3.8, 4) is 0 Å². The van der Waals surface area contributed by atoms with Gasteiger partial charge in [-0.2, -0.15) is 0 Å². The Labute approximate surface area is 141 Å². The number of unbranched alkanes of at least 4 members (excludes halogenated alkanes) is 2. The van der Waals surface area contributed by atoms with Crippen LogP contribution in [0.25, 0.3) is 0 Å². The molecule has 1 rings (SSSR count). The summed E-state index contributed by atoms with van der Waals surface area (Å²) in [4.78, 5) is 12.0. The van der Waals surface area contributed by atoms with E-state index in [1.165, 1.54) is 24.8 Å². The van der Waals surface area contributed by atoms with Crippen molar-refractivity contribution in [3.63, 3.8) is 0 Å². The average Bonchev–Trinajstić information content (AvgIpc) is 2.53. The lowest BCUT2D eigenvalue weighted by Crippen LogP contribution is -2.37. The summed E-state index contributed by atoms with van der Waals surface area (Å²) in [5, 5.41) is 2.87. The van der Waals surface area contributed by atoms with Crippen LogP contribution < -0.4 is 16.8 Å². The molecule has 1 aromatic rings. The molecule has 0 spiro atoms. The summed E-state index contributed by atoms with van der Waals surface area (Å²) < 4.78 is 0. The van der Waals surface area contributed by atoms with Crippen LogP contribution in [0.5, 0.6) is 0 Å². The van der Waals surface area contributed by atoms with Crippen molar-refractivity contribution in [1.29, 1.82) is 0 Å². The molecule has 0 aliphatic heterocycles. The highest BCUT2D eigenvalue weighted by atomic mass is 33.1. The van der Waals surface area contributed by atoms with Gasteiger partial charge in [-0.15, -0.1) is 0 Å². The van der Waals surface area contributed by atoms with Crippen molar-refractivity contribution in [2.75, 3.05) is 23.4 Å². The van der Waals surface area contributed by atoms with Crippen LogP contribution in [0.2, 0.25) is 0 Å². The minimum absolute atomic E-state index is 0.139. The molecule has 0 fully saturated rings. The quantitative estimate of drug-likeness (QED) is 0.426. The van der Waals surface area contributed by atoms with Gasteiger partial charge in [0, 0.05) is 23.7 Å². The van der Waals surface area contributed by atoms with E-state index < -0.39 is 6.04 Å². The third kappa shape index (κ3) is 8.08. The van der Waals surface area contributed by atoms with Gasteiger partial charge in [0.2, 0.25) is 5.91 Å². The van der Waals surface area contributed by atoms with Gasteiger partial charge in [0.05, 0.1) is 6.04 Å². The summed E-state index contributed by atoms with van der Waals surface area (Å²) in [7, 11) is 3.24. The first kappa shape index (κ1) is 19.4. The van der Waals surface area contributed by atoms with Gasteiger partial charge in [0.15, 0.2) is 0 Å². The fraction of sp³-hybridized carbons (Fsp3) is 0.562. The van der Waals surface area contributed by atoms with Crippen LogP contribution in [-0.4, -0.2) is 30.0 Å². The van der Waals surface area contributed by atoms with Gasteiger partial charge < -0.3 is 16.8 Å². The van der Waals surface area contributed by atoms with Gasteiger partial charge in [-0.1, -0.05) is 53.5 Å². The summed E-state index contributed by atoms with van der Waals surface area (Å²) in [6.07, 6.45) is 4.79. The molecular formula is C16H27N3OS2. The van der Waals surface area contributed by atoms with Crippen molar-refractivity contribution in [2.24, 2.45) is 11.5 Å². The first-order valence-electron chi connectivity index (χ1n) is 7.77. The van der Waals surface area contributed by atoms with E-state index in [1.54, 1.807) is 21.6 Å². The third-order valence-corrected chi connectivity index (χ3v) is 5.63. The molecular weight excluding hydrogens is 314 g/mol. The number of nitrogens with one attached hydrogen (secondary N) is 1. The molecule has 124 valence electrons. The third-order valence-electron chi connectivity index (χ3n) is 3.16. The van der Waals surface area contributed by atoms with Crippen LogP contribution >= 0.6 is 21.6 Å². The molecule has 0 aliphatic carbocycles. The maximum atomic E-state index is 12.0. The zero-order valence-electron chi connectivity index (χ0n) is 13.2. The van der Waals surface area contributed by atoms with E-state index >= 15 is 0 Å². The normalized spacial score (nSPS) is 12.1. The number of carbonyl (C=O) groups excluding carboxylic acids is 1. The zero-order chi connectivity index (χ0) is 16.2. The number of amides is 1. The molecule has 22 heavy (non-hydrogen) atoms. The van der Waals surface area contributed by atoms with Gasteiger partial charge in [-0.3, -0.25) is 4.79 Å². The molecule has 0 unspecified atom stereocenters. The summed E-state index contributed by atoms with van der Waals surface area (Å²) in [5.41, 5.74) is 13.4. The van der Waals surface area contributed by atoms with Crippen LogP contribution in [-0.2, 0) is 11.2 Å². The van der Waals surface area contributed by atoms with Crippen molar-refractivity contribution in [2.45, 2.75) is 38.6 Å². The Morgan fingerprint density at radius 2 is 1.95 bits per heavy atom. The van der Waals surface area contributed by atoms with Gasteiger partial charge in [0.25, 0.3) is 0 Å². The molecule has 6 heteroatoms. The van der Waals surface area contributed by atoms with Crippen LogP contribution in [0.1, 0.15) is 31.7 Å². The van der Waals surface area contributed by atoms with Crippen LogP contribution in [0.3, 0.4) is 0 Å². The summed E-state index contributed by atoms with van der Waals surface area (Å²) in [6, 6.07) is 7.54. The number of hydrogen-bond donors (Lipinski definition) is 3. The van der Waals surface area contributed by atoms with E-state index in [9.17, 15) is 4.79 Å². The Bertz CT molecular complexity index is 426. The Morgan fingerprint density at radius 1 is 1.23 bits per heavy atom. The lowest BCUT2D eigenvalue weighted by atomic mass is 10.1. The molecule has 0 radical (unpaired) electrons. The van der Waals surface area contributed by atoms with Gasteiger partial charge >= 0.3 is 0 Å². The lowest BCUT2D eigenvalue weighted by Gasteiger charge is -2.12. The van der Waals surface area contributed by atoms with Crippen molar-refractivity contribution >= 4 is 33.2 Å². The molecule has 1 amide bonds. The van der Waals surface area contributed by atoms with Gasteiger partial charge in [-0.25, -0.2) is 0 Å². The Kier molecular flexibility index (Phi) is 10.4. The molecule has 4 nitrogen and oxygen atoms in total. The van der Waals surface area contributed by atoms with E-state index in [4.69, 9.17) is 11.5 Å². The number of carbonyl (C=O) groups is 1. The fourth-order valence-corrected chi connectivity index (χ4v) is 3.85. The molecule has 0 saturated carbocycles. The van der Waals surface area contributed by atoms with Crippen LogP contribution in [0.4, 0.5) is 5.69 Å². The Balaban J connectivity index is 2.34. The predicted octanol–water partition coefficient (Wildman–Crippen LogP) is 3.03. The second-order valence-electron chi connectivity index (χ2n) is 5.14. The maximum Gasteiger partial charge on any atom is 0.242 e. The predicted molar refractivity (Wildman–Crippen MR) is 100 cm³/mol. The number of benzene rings is 1. The molecule has 0 bridgehead atoms. The zero-order valence-corrected chi connectivity index (χ0v) is 14.8. The van der Waals surface area contributed by atoms with Crippen LogP contribution in [0.15, 0.2) is 24.3 Å². The molecule has 0 heterocycles. The molecule has 0 aromatic heterocycles. The van der Waals surface area contributed by atoms with Crippen molar-refractivity contribution in [1.82, 2.24) is 0 Å². The lowest BCUT2D eigenvalue weighted by molar-refractivity contribution is -0.116. The van der Waals surface area contributed by atoms with E-state index in [-0.39, 0.29) is 5.91 Å². The van der Waals surface area contributed by atoms with E-state index in [0.29, 0.717) is 12.3 Å². The Morgan fingerprint density at radius 3 is 2.59 bits per heavy atom. The second-order valence-corrected chi connectivity index (χ2v) is 7.77. The van der Waals surface area contributed by atoms with Gasteiger partial charge in [0.1, 0.15) is 0 Å². The van der Waals surface area contributed by atoms with Crippen molar-refractivity contribution < 1.29 is 4.79 Å². The first-order chi connectivity index (χ1) is 10.7.